The van der Waals surface area contributed by atoms with Gasteiger partial charge in [0.2, 0.25) is 0 Å². The molecule has 41 heavy (non-hydrogen) atoms. The van der Waals surface area contributed by atoms with Gasteiger partial charge in [0.25, 0.3) is 0 Å². The van der Waals surface area contributed by atoms with Crippen molar-refractivity contribution >= 4 is 34.2 Å². The van der Waals surface area contributed by atoms with E-state index in [1.54, 1.807) is 86.6 Å². The normalized spacial score (nSPS) is 12.5. The summed E-state index contributed by atoms with van der Waals surface area (Å²) in [5.74, 6) is -0.679. The molecule has 0 bridgehead atoms. The first kappa shape index (κ1) is 33.1. The Morgan fingerprint density at radius 2 is 0.707 bits per heavy atom. The van der Waals surface area contributed by atoms with Crippen molar-refractivity contribution in [2.45, 2.75) is 13.8 Å². The van der Waals surface area contributed by atoms with Crippen molar-refractivity contribution in [1.82, 2.24) is 0 Å². The molecule has 7 heteroatoms. The van der Waals surface area contributed by atoms with E-state index in [0.717, 1.165) is 0 Å². The number of benzene rings is 4. The molecule has 0 amide bonds. The molecule has 6 nitrogen and oxygen atoms in total. The van der Waals surface area contributed by atoms with Gasteiger partial charge in [-0.3, -0.25) is 9.59 Å². The number of hydrogen-bond donors (Lipinski definition) is 0. The predicted octanol–water partition coefficient (Wildman–Crippen LogP) is 2.95. The third-order valence-electron chi connectivity index (χ3n) is 5.87. The van der Waals surface area contributed by atoms with Crippen LogP contribution in [0.15, 0.2) is 109 Å². The van der Waals surface area contributed by atoms with Gasteiger partial charge in [-0.05, 0) is 22.3 Å². The van der Waals surface area contributed by atoms with Gasteiger partial charge in [-0.25, -0.2) is 0 Å². The number of carbonyl (C=O) groups excluding carboxylic acids is 2. The fourth-order valence-electron chi connectivity index (χ4n) is 4.24. The SMILES string of the molecule is CC[O-].CC[O-].O=C1C(c2ccccc2)=C([O-])c2ccccc21.O=C1C(c2ccccc2)=C([O-])c2ccccc21.[Ti]. The van der Waals surface area contributed by atoms with Gasteiger partial charge >= 0.3 is 0 Å². The van der Waals surface area contributed by atoms with Crippen LogP contribution in [0.3, 0.4) is 0 Å². The van der Waals surface area contributed by atoms with Crippen molar-refractivity contribution < 1.29 is 51.7 Å². The van der Waals surface area contributed by atoms with E-state index in [9.17, 15) is 19.8 Å². The maximum Gasteiger partial charge on any atom is 0.193 e. The van der Waals surface area contributed by atoms with E-state index in [-0.39, 0.29) is 69.2 Å². The van der Waals surface area contributed by atoms with Gasteiger partial charge in [-0.1, -0.05) is 135 Å². The fraction of sp³-hybridized carbons (Fsp3) is 0.118. The molecule has 2 aliphatic rings. The number of ketones is 2. The molecular weight excluding hydrogens is 552 g/mol. The third kappa shape index (κ3) is 7.57. The Balaban J connectivity index is 0.000000236. The maximum absolute atomic E-state index is 12.1. The average molecular weight is 580 g/mol. The van der Waals surface area contributed by atoms with Crippen LogP contribution in [0.25, 0.3) is 22.7 Å². The van der Waals surface area contributed by atoms with Crippen LogP contribution in [-0.4, -0.2) is 24.8 Å². The zero-order chi connectivity index (χ0) is 29.1. The minimum Gasteiger partial charge on any atom is -0.872 e. The maximum atomic E-state index is 12.1. The van der Waals surface area contributed by atoms with Crippen molar-refractivity contribution in [2.75, 3.05) is 13.2 Å². The van der Waals surface area contributed by atoms with Crippen LogP contribution in [0, 0.1) is 0 Å². The number of Topliss-reactive ketones (excluding diaryl/α,β-unsaturated/α-hetero) is 2. The van der Waals surface area contributed by atoms with Crippen molar-refractivity contribution in [3.8, 4) is 0 Å². The van der Waals surface area contributed by atoms with Crippen LogP contribution in [0.5, 0.6) is 0 Å². The summed E-state index contributed by atoms with van der Waals surface area (Å²) in [5.41, 5.74) is 4.00. The Bertz CT molecular complexity index is 1410. The van der Waals surface area contributed by atoms with Gasteiger partial charge in [0.05, 0.1) is 0 Å². The first-order valence-electron chi connectivity index (χ1n) is 12.8. The van der Waals surface area contributed by atoms with Crippen molar-refractivity contribution in [3.05, 3.63) is 143 Å². The van der Waals surface area contributed by atoms with Crippen molar-refractivity contribution in [2.24, 2.45) is 0 Å². The molecule has 0 spiro atoms. The third-order valence-corrected chi connectivity index (χ3v) is 5.87. The Morgan fingerprint density at radius 3 is 0.976 bits per heavy atom. The zero-order valence-electron chi connectivity index (χ0n) is 22.8. The first-order valence-corrected chi connectivity index (χ1v) is 12.8. The van der Waals surface area contributed by atoms with Gasteiger partial charge in [0.1, 0.15) is 0 Å². The fourth-order valence-corrected chi connectivity index (χ4v) is 4.24. The van der Waals surface area contributed by atoms with Gasteiger partial charge in [-0.15, -0.1) is 13.2 Å². The summed E-state index contributed by atoms with van der Waals surface area (Å²) in [7, 11) is 0. The molecule has 0 N–H and O–H groups in total. The molecule has 208 valence electrons. The molecule has 4 aromatic carbocycles. The van der Waals surface area contributed by atoms with Crippen LogP contribution >= 0.6 is 0 Å². The summed E-state index contributed by atoms with van der Waals surface area (Å²) in [6, 6.07) is 32.1. The molecule has 6 rings (SSSR count). The van der Waals surface area contributed by atoms with E-state index in [4.69, 9.17) is 10.2 Å². The van der Waals surface area contributed by atoms with E-state index >= 15 is 0 Å². The summed E-state index contributed by atoms with van der Waals surface area (Å²) in [4.78, 5) is 24.3. The number of carbonyl (C=O) groups is 2. The van der Waals surface area contributed by atoms with Crippen LogP contribution in [0.2, 0.25) is 0 Å². The summed E-state index contributed by atoms with van der Waals surface area (Å²) in [5, 5.41) is 42.2. The molecule has 0 saturated carbocycles. The van der Waals surface area contributed by atoms with Crippen molar-refractivity contribution in [1.29, 1.82) is 0 Å². The Kier molecular flexibility index (Phi) is 13.1. The van der Waals surface area contributed by atoms with Crippen LogP contribution in [-0.2, 0) is 21.7 Å². The van der Waals surface area contributed by atoms with Crippen LogP contribution in [0.1, 0.15) is 56.8 Å². The summed E-state index contributed by atoms with van der Waals surface area (Å²) in [6.45, 7) is 3.14. The molecule has 0 heterocycles. The zero-order valence-corrected chi connectivity index (χ0v) is 24.3. The van der Waals surface area contributed by atoms with E-state index in [2.05, 4.69) is 0 Å². The summed E-state index contributed by atoms with van der Waals surface area (Å²) < 4.78 is 0. The first-order chi connectivity index (χ1) is 19.4. The second-order valence-electron chi connectivity index (χ2n) is 8.47. The Hall–Kier alpha value is -4.07. The summed E-state index contributed by atoms with van der Waals surface area (Å²) in [6.07, 6.45) is 0. The van der Waals surface area contributed by atoms with Gasteiger partial charge < -0.3 is 20.4 Å². The quantitative estimate of drug-likeness (QED) is 0.336. The van der Waals surface area contributed by atoms with E-state index in [1.807, 2.05) is 36.4 Å². The molecule has 0 radical (unpaired) electrons. The van der Waals surface area contributed by atoms with Crippen LogP contribution in [0.4, 0.5) is 0 Å². The standard InChI is InChI=1S/2C15H10O2.2C2H5O.Ti/c2*16-14-11-8-4-5-9-12(11)15(17)13(14)10-6-2-1-3-7-10;2*1-2-3;/h2*1-9,16H;2*2H2,1H3;/q;;2*-1;/p-2. The number of hydrogen-bond acceptors (Lipinski definition) is 6. The molecule has 2 aliphatic carbocycles. The summed E-state index contributed by atoms with van der Waals surface area (Å²) >= 11 is 0. The molecule has 4 aromatic rings. The molecule has 0 atom stereocenters. The molecule has 0 saturated heterocycles. The average Bonchev–Trinajstić information content (AvgIpc) is 3.39. The second-order valence-corrected chi connectivity index (χ2v) is 8.47. The van der Waals surface area contributed by atoms with Crippen LogP contribution < -0.4 is 20.4 Å². The van der Waals surface area contributed by atoms with Gasteiger partial charge in [0.15, 0.2) is 11.6 Å². The smallest absolute Gasteiger partial charge is 0.193 e. The molecule has 0 aliphatic heterocycles. The molecule has 0 aromatic heterocycles. The number of allylic oxidation sites excluding steroid dienone is 2. The topological polar surface area (TPSA) is 126 Å². The van der Waals surface area contributed by atoms with Gasteiger partial charge in [-0.2, -0.15) is 0 Å². The monoisotopic (exact) mass is 580 g/mol. The van der Waals surface area contributed by atoms with Crippen molar-refractivity contribution in [3.63, 3.8) is 0 Å². The predicted molar refractivity (Wildman–Crippen MR) is 149 cm³/mol. The second kappa shape index (κ2) is 16.3. The van der Waals surface area contributed by atoms with E-state index < -0.39 is 0 Å². The molecular formula is C34H28O6Ti-4. The number of fused-ring (bicyclic) bond motifs is 2. The Morgan fingerprint density at radius 1 is 0.463 bits per heavy atom. The Labute approximate surface area is 254 Å². The number of rotatable bonds is 2. The molecule has 0 fully saturated rings. The minimum absolute atomic E-state index is 0. The largest absolute Gasteiger partial charge is 0.872 e. The van der Waals surface area contributed by atoms with Gasteiger partial charge in [0, 0.05) is 44.0 Å². The van der Waals surface area contributed by atoms with E-state index in [1.165, 1.54) is 0 Å². The molecule has 0 unspecified atom stereocenters. The van der Waals surface area contributed by atoms with E-state index in [0.29, 0.717) is 33.4 Å². The minimum atomic E-state index is -0.170.